The van der Waals surface area contributed by atoms with Gasteiger partial charge in [-0.2, -0.15) is 0 Å². The summed E-state index contributed by atoms with van der Waals surface area (Å²) in [4.78, 5) is 9.00. The minimum atomic E-state index is -0.833. The van der Waals surface area contributed by atoms with E-state index in [9.17, 15) is 0 Å². The zero-order chi connectivity index (χ0) is 22.4. The third kappa shape index (κ3) is 20.9. The van der Waals surface area contributed by atoms with Gasteiger partial charge >= 0.3 is 0 Å². The predicted molar refractivity (Wildman–Crippen MR) is 135 cm³/mol. The summed E-state index contributed by atoms with van der Waals surface area (Å²) in [5.74, 6) is 0.0739. The Morgan fingerprint density at radius 3 is 1.31 bits per heavy atom. The summed E-state index contributed by atoms with van der Waals surface area (Å²) >= 11 is 0. The van der Waals surface area contributed by atoms with E-state index in [1.54, 1.807) is 0 Å². The molecule has 0 rings (SSSR count). The molecule has 2 nitrogen and oxygen atoms in total. The Hall–Kier alpha value is -0.100. The van der Waals surface area contributed by atoms with E-state index in [1.165, 1.54) is 116 Å². The van der Waals surface area contributed by atoms with Crippen LogP contribution in [0.25, 0.3) is 0 Å². The van der Waals surface area contributed by atoms with Crippen molar-refractivity contribution in [2.24, 2.45) is 5.92 Å². The van der Waals surface area contributed by atoms with Gasteiger partial charge in [0.05, 0.1) is 0 Å². The quantitative estimate of drug-likeness (QED) is 0.164. The van der Waals surface area contributed by atoms with Gasteiger partial charge in [0.2, 0.25) is 0 Å². The standard InChI is InChI=1S/C24H51P.C2H4O2/c1-5-9-10-11-12-13-14-15-16-17-18-19-20-21-22-23(6-2)24(25,7-3)8-4;1-2(3)4/h23H,5-22,25H2,1-4H3;1H3,(H,3,4). The molecule has 1 N–H and O–H groups in total. The highest BCUT2D eigenvalue weighted by molar-refractivity contribution is 7.19. The monoisotopic (exact) mass is 430 g/mol. The topological polar surface area (TPSA) is 37.3 Å². The molecule has 0 amide bonds. The number of hydrogen-bond acceptors (Lipinski definition) is 1. The Kier molecular flexibility index (Phi) is 24.2. The van der Waals surface area contributed by atoms with Crippen LogP contribution in [0.5, 0.6) is 0 Å². The Bertz CT molecular complexity index is 336. The average Bonchev–Trinajstić information content (AvgIpc) is 2.70. The highest BCUT2D eigenvalue weighted by Gasteiger charge is 2.28. The first-order valence-electron chi connectivity index (χ1n) is 12.9. The normalized spacial score (nSPS) is 12.3. The largest absolute Gasteiger partial charge is 0.481 e. The summed E-state index contributed by atoms with van der Waals surface area (Å²) in [5, 5.41) is 7.92. The van der Waals surface area contributed by atoms with Gasteiger partial charge in [0.15, 0.2) is 0 Å². The van der Waals surface area contributed by atoms with Crippen LogP contribution in [0.3, 0.4) is 0 Å². The van der Waals surface area contributed by atoms with Crippen molar-refractivity contribution in [2.45, 2.75) is 155 Å². The van der Waals surface area contributed by atoms with E-state index in [4.69, 9.17) is 9.90 Å². The van der Waals surface area contributed by atoms with Crippen LogP contribution < -0.4 is 0 Å². The Labute approximate surface area is 186 Å². The fourth-order valence-corrected chi connectivity index (χ4v) is 4.71. The number of carboxylic acid groups (broad SMARTS) is 1. The lowest BCUT2D eigenvalue weighted by atomic mass is 9.81. The molecule has 2 unspecified atom stereocenters. The van der Waals surface area contributed by atoms with E-state index in [2.05, 4.69) is 36.9 Å². The molecule has 0 aliphatic carbocycles. The zero-order valence-corrected chi connectivity index (χ0v) is 21.9. The van der Waals surface area contributed by atoms with Crippen molar-refractivity contribution < 1.29 is 9.90 Å². The molecule has 0 aromatic carbocycles. The molecule has 0 saturated carbocycles. The molecule has 0 aromatic heterocycles. The lowest BCUT2D eigenvalue weighted by Gasteiger charge is -2.36. The van der Waals surface area contributed by atoms with E-state index in [0.717, 1.165) is 12.8 Å². The van der Waals surface area contributed by atoms with E-state index in [0.29, 0.717) is 5.16 Å². The molecule has 0 bridgehead atoms. The van der Waals surface area contributed by atoms with Crippen LogP contribution in [-0.4, -0.2) is 16.2 Å². The molecule has 176 valence electrons. The highest BCUT2D eigenvalue weighted by Crippen LogP contribution is 2.39. The molecular weight excluding hydrogens is 375 g/mol. The van der Waals surface area contributed by atoms with Gasteiger partial charge in [-0.1, -0.05) is 124 Å². The predicted octanol–water partition coefficient (Wildman–Crippen LogP) is 9.41. The molecule has 0 spiro atoms. The number of carboxylic acids is 1. The van der Waals surface area contributed by atoms with Gasteiger partial charge in [0.1, 0.15) is 0 Å². The van der Waals surface area contributed by atoms with Crippen molar-refractivity contribution in [1.29, 1.82) is 0 Å². The fraction of sp³-hybridized carbons (Fsp3) is 0.962. The summed E-state index contributed by atoms with van der Waals surface area (Å²) in [6, 6.07) is 0. The SMILES string of the molecule is CC(=O)O.CCCCCCCCCCCCCCCCC(CC)C(P)(CC)CC. The van der Waals surface area contributed by atoms with Crippen molar-refractivity contribution in [3.8, 4) is 0 Å². The summed E-state index contributed by atoms with van der Waals surface area (Å²) in [5.41, 5.74) is 0. The summed E-state index contributed by atoms with van der Waals surface area (Å²) < 4.78 is 0. The zero-order valence-electron chi connectivity index (χ0n) is 20.7. The van der Waals surface area contributed by atoms with Crippen LogP contribution in [0.1, 0.15) is 150 Å². The molecule has 0 aromatic rings. The lowest BCUT2D eigenvalue weighted by Crippen LogP contribution is -2.29. The first kappa shape index (κ1) is 31.1. The Morgan fingerprint density at radius 1 is 0.724 bits per heavy atom. The van der Waals surface area contributed by atoms with Gasteiger partial charge in [-0.15, -0.1) is 9.24 Å². The molecule has 0 saturated heterocycles. The second kappa shape index (κ2) is 22.6. The smallest absolute Gasteiger partial charge is 0.300 e. The van der Waals surface area contributed by atoms with Gasteiger partial charge in [0, 0.05) is 6.92 Å². The third-order valence-corrected chi connectivity index (χ3v) is 7.82. The number of aliphatic carboxylic acids is 1. The first-order valence-corrected chi connectivity index (χ1v) is 13.4. The average molecular weight is 431 g/mol. The Morgan fingerprint density at radius 2 is 1.03 bits per heavy atom. The van der Waals surface area contributed by atoms with Crippen molar-refractivity contribution >= 4 is 15.2 Å². The lowest BCUT2D eigenvalue weighted by molar-refractivity contribution is -0.134. The molecule has 0 radical (unpaired) electrons. The van der Waals surface area contributed by atoms with Gasteiger partial charge in [0.25, 0.3) is 5.97 Å². The second-order valence-electron chi connectivity index (χ2n) is 8.95. The van der Waals surface area contributed by atoms with Crippen LogP contribution in [0.2, 0.25) is 0 Å². The molecule has 0 aliphatic rings. The summed E-state index contributed by atoms with van der Waals surface area (Å²) in [7, 11) is 3.20. The maximum Gasteiger partial charge on any atom is 0.300 e. The van der Waals surface area contributed by atoms with Crippen LogP contribution in [0.4, 0.5) is 0 Å². The van der Waals surface area contributed by atoms with E-state index >= 15 is 0 Å². The van der Waals surface area contributed by atoms with Gasteiger partial charge in [-0.3, -0.25) is 4.79 Å². The van der Waals surface area contributed by atoms with Crippen molar-refractivity contribution in [3.05, 3.63) is 0 Å². The van der Waals surface area contributed by atoms with Crippen LogP contribution in [0.15, 0.2) is 0 Å². The summed E-state index contributed by atoms with van der Waals surface area (Å²) in [6.07, 6.45) is 25.9. The number of hydrogen-bond donors (Lipinski definition) is 1. The van der Waals surface area contributed by atoms with E-state index < -0.39 is 5.97 Å². The fourth-order valence-electron chi connectivity index (χ4n) is 4.31. The summed E-state index contributed by atoms with van der Waals surface area (Å²) in [6.45, 7) is 10.5. The maximum atomic E-state index is 9.00. The molecule has 29 heavy (non-hydrogen) atoms. The maximum absolute atomic E-state index is 9.00. The molecule has 0 heterocycles. The minimum Gasteiger partial charge on any atom is -0.481 e. The number of unbranched alkanes of at least 4 members (excludes halogenated alkanes) is 13. The molecule has 0 aliphatic heterocycles. The van der Waals surface area contributed by atoms with Gasteiger partial charge in [-0.05, 0) is 30.3 Å². The third-order valence-electron chi connectivity index (χ3n) is 6.53. The molecule has 2 atom stereocenters. The molecule has 0 fully saturated rings. The van der Waals surface area contributed by atoms with E-state index in [-0.39, 0.29) is 0 Å². The first-order chi connectivity index (χ1) is 13.9. The van der Waals surface area contributed by atoms with Crippen LogP contribution in [0, 0.1) is 5.92 Å². The van der Waals surface area contributed by atoms with Crippen LogP contribution in [-0.2, 0) is 4.79 Å². The second-order valence-corrected chi connectivity index (χ2v) is 10.1. The van der Waals surface area contributed by atoms with Crippen molar-refractivity contribution in [2.75, 3.05) is 0 Å². The van der Waals surface area contributed by atoms with E-state index in [1.807, 2.05) is 0 Å². The highest BCUT2D eigenvalue weighted by atomic mass is 31.0. The van der Waals surface area contributed by atoms with Gasteiger partial charge < -0.3 is 5.11 Å². The van der Waals surface area contributed by atoms with Crippen molar-refractivity contribution in [1.82, 2.24) is 0 Å². The minimum absolute atomic E-state index is 0.505. The van der Waals surface area contributed by atoms with Gasteiger partial charge in [-0.25, -0.2) is 0 Å². The number of rotatable bonds is 19. The molecular formula is C26H55O2P. The molecule has 3 heteroatoms. The van der Waals surface area contributed by atoms with Crippen molar-refractivity contribution in [3.63, 3.8) is 0 Å². The van der Waals surface area contributed by atoms with Crippen LogP contribution >= 0.6 is 9.24 Å². The number of carbonyl (C=O) groups is 1. The Balaban J connectivity index is 0.